The number of hydrogen-bond donors (Lipinski definition) is 1. The average molecular weight is 263 g/mol. The molecule has 0 saturated heterocycles. The molecular weight excluding hydrogens is 234 g/mol. The molecule has 2 rings (SSSR count). The third kappa shape index (κ3) is 3.38. The maximum absolute atomic E-state index is 6.70. The quantitative estimate of drug-likeness (QED) is 0.905. The Hall–Kier alpha value is -0.830. The summed E-state index contributed by atoms with van der Waals surface area (Å²) in [6.45, 7) is 9.96. The van der Waals surface area contributed by atoms with E-state index in [0.29, 0.717) is 5.41 Å². The highest BCUT2D eigenvalue weighted by molar-refractivity contribution is 5.15. The Bertz CT molecular complexity index is 433. The molecule has 1 saturated carbocycles. The molecule has 0 bridgehead atoms. The zero-order valence-electron chi connectivity index (χ0n) is 13.0. The molecule has 1 aromatic rings. The lowest BCUT2D eigenvalue weighted by atomic mass is 9.67. The number of rotatable bonds is 4. The first-order valence-electron chi connectivity index (χ1n) is 7.72. The first kappa shape index (κ1) is 14.6. The van der Waals surface area contributed by atoms with Crippen LogP contribution in [-0.4, -0.2) is 15.3 Å². The van der Waals surface area contributed by atoms with Crippen molar-refractivity contribution in [1.82, 2.24) is 9.78 Å². The summed E-state index contributed by atoms with van der Waals surface area (Å²) in [5.74, 6) is 0. The van der Waals surface area contributed by atoms with E-state index in [1.54, 1.807) is 0 Å². The Kier molecular flexibility index (Phi) is 4.05. The van der Waals surface area contributed by atoms with Gasteiger partial charge in [0.1, 0.15) is 0 Å². The second-order valence-corrected chi connectivity index (χ2v) is 7.03. The topological polar surface area (TPSA) is 43.8 Å². The summed E-state index contributed by atoms with van der Waals surface area (Å²) < 4.78 is 2.13. The van der Waals surface area contributed by atoms with E-state index in [9.17, 15) is 0 Å². The van der Waals surface area contributed by atoms with Gasteiger partial charge < -0.3 is 5.73 Å². The van der Waals surface area contributed by atoms with Crippen LogP contribution in [0.3, 0.4) is 0 Å². The molecule has 19 heavy (non-hydrogen) atoms. The number of nitrogens with zero attached hydrogens (tertiary/aromatic N) is 2. The Morgan fingerprint density at radius 2 is 2.05 bits per heavy atom. The maximum Gasteiger partial charge on any atom is 0.0624 e. The molecule has 1 fully saturated rings. The average Bonchev–Trinajstić information content (AvgIpc) is 2.68. The van der Waals surface area contributed by atoms with Crippen molar-refractivity contribution in [3.63, 3.8) is 0 Å². The van der Waals surface area contributed by atoms with Gasteiger partial charge in [0.25, 0.3) is 0 Å². The minimum Gasteiger partial charge on any atom is -0.325 e. The Morgan fingerprint density at radius 1 is 1.32 bits per heavy atom. The van der Waals surface area contributed by atoms with Gasteiger partial charge in [-0.3, -0.25) is 4.68 Å². The number of hydrogen-bond acceptors (Lipinski definition) is 2. The molecule has 0 spiro atoms. The molecule has 0 aromatic carbocycles. The molecule has 1 aromatic heterocycles. The van der Waals surface area contributed by atoms with Crippen LogP contribution >= 0.6 is 0 Å². The Morgan fingerprint density at radius 3 is 2.63 bits per heavy atom. The molecule has 1 aliphatic carbocycles. The van der Waals surface area contributed by atoms with E-state index < -0.39 is 0 Å². The highest BCUT2D eigenvalue weighted by atomic mass is 15.3. The van der Waals surface area contributed by atoms with Crippen molar-refractivity contribution in [2.75, 3.05) is 0 Å². The van der Waals surface area contributed by atoms with Crippen LogP contribution in [-0.2, 0) is 19.4 Å². The molecule has 1 unspecified atom stereocenters. The first-order valence-corrected chi connectivity index (χ1v) is 7.72. The number of aromatic nitrogens is 2. The standard InChI is InChI=1S/C16H29N3/c1-5-13-10-14(19(6-2)18-13)11-16(17)9-7-8-15(3,4)12-16/h10H,5-9,11-12,17H2,1-4H3. The fourth-order valence-electron chi connectivity index (χ4n) is 3.66. The fourth-order valence-corrected chi connectivity index (χ4v) is 3.66. The van der Waals surface area contributed by atoms with Crippen molar-refractivity contribution in [2.24, 2.45) is 11.1 Å². The summed E-state index contributed by atoms with van der Waals surface area (Å²) in [7, 11) is 0. The van der Waals surface area contributed by atoms with Gasteiger partial charge >= 0.3 is 0 Å². The number of nitrogens with two attached hydrogens (primary N) is 1. The van der Waals surface area contributed by atoms with E-state index in [1.165, 1.54) is 24.2 Å². The molecular formula is C16H29N3. The van der Waals surface area contributed by atoms with Crippen LogP contribution in [0, 0.1) is 5.41 Å². The predicted molar refractivity (Wildman–Crippen MR) is 80.2 cm³/mol. The second-order valence-electron chi connectivity index (χ2n) is 7.03. The minimum absolute atomic E-state index is 0.0419. The van der Waals surface area contributed by atoms with Gasteiger partial charge in [0, 0.05) is 24.2 Å². The van der Waals surface area contributed by atoms with Crippen molar-refractivity contribution in [2.45, 2.75) is 78.3 Å². The van der Waals surface area contributed by atoms with Crippen LogP contribution in [0.5, 0.6) is 0 Å². The molecule has 3 heteroatoms. The van der Waals surface area contributed by atoms with Crippen LogP contribution in [0.25, 0.3) is 0 Å². The van der Waals surface area contributed by atoms with Gasteiger partial charge in [-0.25, -0.2) is 0 Å². The third-order valence-corrected chi connectivity index (χ3v) is 4.47. The van der Waals surface area contributed by atoms with Gasteiger partial charge in [0.15, 0.2) is 0 Å². The van der Waals surface area contributed by atoms with Gasteiger partial charge in [0.05, 0.1) is 5.69 Å². The minimum atomic E-state index is -0.0419. The molecule has 0 radical (unpaired) electrons. The molecule has 3 nitrogen and oxygen atoms in total. The van der Waals surface area contributed by atoms with E-state index in [1.807, 2.05) is 0 Å². The zero-order chi connectivity index (χ0) is 14.1. The molecule has 0 amide bonds. The lowest BCUT2D eigenvalue weighted by Crippen LogP contribution is -2.48. The highest BCUT2D eigenvalue weighted by Gasteiger charge is 2.37. The summed E-state index contributed by atoms with van der Waals surface area (Å²) in [6.07, 6.45) is 6.80. The normalized spacial score (nSPS) is 26.6. The summed E-state index contributed by atoms with van der Waals surface area (Å²) in [5.41, 5.74) is 9.55. The third-order valence-electron chi connectivity index (χ3n) is 4.47. The van der Waals surface area contributed by atoms with Crippen molar-refractivity contribution >= 4 is 0 Å². The fraction of sp³-hybridized carbons (Fsp3) is 0.812. The van der Waals surface area contributed by atoms with E-state index in [0.717, 1.165) is 32.2 Å². The van der Waals surface area contributed by atoms with Crippen molar-refractivity contribution < 1.29 is 0 Å². The van der Waals surface area contributed by atoms with Crippen molar-refractivity contribution in [1.29, 1.82) is 0 Å². The van der Waals surface area contributed by atoms with Crippen LogP contribution in [0.2, 0.25) is 0 Å². The van der Waals surface area contributed by atoms with E-state index >= 15 is 0 Å². The van der Waals surface area contributed by atoms with Gasteiger partial charge in [-0.05, 0) is 44.1 Å². The molecule has 2 N–H and O–H groups in total. The summed E-state index contributed by atoms with van der Waals surface area (Å²) >= 11 is 0. The van der Waals surface area contributed by atoms with E-state index in [-0.39, 0.29) is 5.54 Å². The van der Waals surface area contributed by atoms with Crippen molar-refractivity contribution in [3.8, 4) is 0 Å². The predicted octanol–water partition coefficient (Wildman–Crippen LogP) is 3.31. The van der Waals surface area contributed by atoms with Gasteiger partial charge in [-0.2, -0.15) is 5.10 Å². The monoisotopic (exact) mass is 263 g/mol. The zero-order valence-corrected chi connectivity index (χ0v) is 13.0. The molecule has 108 valence electrons. The number of aryl methyl sites for hydroxylation is 2. The van der Waals surface area contributed by atoms with Crippen LogP contribution in [0.15, 0.2) is 6.07 Å². The van der Waals surface area contributed by atoms with E-state index in [2.05, 4.69) is 43.5 Å². The summed E-state index contributed by atoms with van der Waals surface area (Å²) in [6, 6.07) is 2.25. The maximum atomic E-state index is 6.70. The first-order chi connectivity index (χ1) is 8.87. The van der Waals surface area contributed by atoms with Gasteiger partial charge in [-0.15, -0.1) is 0 Å². The Labute approximate surface area is 117 Å². The molecule has 1 atom stereocenters. The van der Waals surface area contributed by atoms with Gasteiger partial charge in [0.2, 0.25) is 0 Å². The highest BCUT2D eigenvalue weighted by Crippen LogP contribution is 2.41. The lowest BCUT2D eigenvalue weighted by molar-refractivity contribution is 0.149. The summed E-state index contributed by atoms with van der Waals surface area (Å²) in [5, 5.41) is 4.64. The van der Waals surface area contributed by atoms with Crippen LogP contribution < -0.4 is 5.73 Å². The van der Waals surface area contributed by atoms with Crippen LogP contribution in [0.1, 0.15) is 64.8 Å². The SMILES string of the molecule is CCc1cc(CC2(N)CCCC(C)(C)C2)n(CC)n1. The van der Waals surface area contributed by atoms with Gasteiger partial charge in [-0.1, -0.05) is 27.2 Å². The molecule has 1 aliphatic rings. The van der Waals surface area contributed by atoms with Crippen LogP contribution in [0.4, 0.5) is 0 Å². The molecule has 1 heterocycles. The largest absolute Gasteiger partial charge is 0.325 e. The van der Waals surface area contributed by atoms with E-state index in [4.69, 9.17) is 5.73 Å². The lowest BCUT2D eigenvalue weighted by Gasteiger charge is -2.42. The second kappa shape index (κ2) is 5.28. The Balaban J connectivity index is 2.17. The smallest absolute Gasteiger partial charge is 0.0624 e. The van der Waals surface area contributed by atoms with Crippen molar-refractivity contribution in [3.05, 3.63) is 17.5 Å². The molecule has 0 aliphatic heterocycles. The summed E-state index contributed by atoms with van der Waals surface area (Å²) in [4.78, 5) is 0.